The summed E-state index contributed by atoms with van der Waals surface area (Å²) in [6, 6.07) is 0. The van der Waals surface area contributed by atoms with Crippen LogP contribution in [-0.4, -0.2) is 18.1 Å². The maximum absolute atomic E-state index is 11.3. The highest BCUT2D eigenvalue weighted by molar-refractivity contribution is 9.08. The van der Waals surface area contributed by atoms with Gasteiger partial charge in [0.25, 0.3) is 0 Å². The number of hydrogen-bond donors (Lipinski definition) is 0. The molecule has 0 amide bonds. The second-order valence-corrected chi connectivity index (χ2v) is 1.78. The highest BCUT2D eigenvalue weighted by Gasteiger charge is 2.53. The number of alkyl halides is 6. The van der Waals surface area contributed by atoms with E-state index in [9.17, 15) is 26.3 Å². The molecule has 0 aliphatic carbocycles. The van der Waals surface area contributed by atoms with Crippen molar-refractivity contribution in [3.8, 4) is 0 Å². The van der Waals surface area contributed by atoms with Crippen LogP contribution in [0.15, 0.2) is 4.02 Å². The topological polar surface area (TPSA) is 12.4 Å². The molecule has 0 aliphatic rings. The first-order valence-electron chi connectivity index (χ1n) is 2.03. The van der Waals surface area contributed by atoms with Crippen LogP contribution < -0.4 is 0 Å². The minimum atomic E-state index is -5.47. The van der Waals surface area contributed by atoms with E-state index in [1.807, 2.05) is 4.02 Å². The van der Waals surface area contributed by atoms with Crippen molar-refractivity contribution < 1.29 is 26.3 Å². The SMILES string of the molecule is FC(F)(F)C(=NBr)C(F)(F)F. The molecule has 0 aromatic carbocycles. The molecular weight excluding hydrogens is 244 g/mol. The van der Waals surface area contributed by atoms with Gasteiger partial charge in [-0.3, -0.25) is 0 Å². The third kappa shape index (κ3) is 3.08. The molecule has 8 heteroatoms. The highest BCUT2D eigenvalue weighted by atomic mass is 79.9. The molecule has 0 aromatic heterocycles. The summed E-state index contributed by atoms with van der Waals surface area (Å²) in [6.07, 6.45) is -10.9. The van der Waals surface area contributed by atoms with E-state index in [2.05, 4.69) is 0 Å². The first kappa shape index (κ1) is 10.7. The van der Waals surface area contributed by atoms with Gasteiger partial charge >= 0.3 is 12.4 Å². The number of rotatable bonds is 0. The zero-order valence-electron chi connectivity index (χ0n) is 4.59. The molecule has 0 aromatic rings. The molecule has 66 valence electrons. The van der Waals surface area contributed by atoms with Gasteiger partial charge in [0.15, 0.2) is 0 Å². The molecule has 0 spiro atoms. The molecule has 0 atom stereocenters. The summed E-state index contributed by atoms with van der Waals surface area (Å²) in [5.74, 6) is 0. The summed E-state index contributed by atoms with van der Waals surface area (Å²) >= 11 is 1.74. The van der Waals surface area contributed by atoms with Crippen molar-refractivity contribution in [2.75, 3.05) is 0 Å². The summed E-state index contributed by atoms with van der Waals surface area (Å²) in [7, 11) is 0. The Balaban J connectivity index is 4.74. The third-order valence-corrected chi connectivity index (χ3v) is 0.976. The van der Waals surface area contributed by atoms with Crippen molar-refractivity contribution in [2.24, 2.45) is 4.02 Å². The van der Waals surface area contributed by atoms with Gasteiger partial charge in [-0.2, -0.15) is 30.4 Å². The number of halogens is 7. The number of hydrogen-bond acceptors (Lipinski definition) is 1. The van der Waals surface area contributed by atoms with Crippen LogP contribution in [0.25, 0.3) is 0 Å². The molecule has 0 saturated heterocycles. The van der Waals surface area contributed by atoms with Gasteiger partial charge in [-0.15, -0.1) is 0 Å². The van der Waals surface area contributed by atoms with Gasteiger partial charge in [-0.25, -0.2) is 0 Å². The van der Waals surface area contributed by atoms with Crippen LogP contribution >= 0.6 is 16.1 Å². The first-order valence-corrected chi connectivity index (χ1v) is 2.74. The van der Waals surface area contributed by atoms with Crippen molar-refractivity contribution >= 4 is 21.9 Å². The van der Waals surface area contributed by atoms with E-state index < -0.39 is 18.1 Å². The second-order valence-electron chi connectivity index (χ2n) is 1.43. The van der Waals surface area contributed by atoms with Crippen molar-refractivity contribution in [3.63, 3.8) is 0 Å². The smallest absolute Gasteiger partial charge is 0.197 e. The maximum atomic E-state index is 11.3. The minimum Gasteiger partial charge on any atom is -0.197 e. The van der Waals surface area contributed by atoms with Crippen LogP contribution in [0, 0.1) is 0 Å². The fraction of sp³-hybridized carbons (Fsp3) is 0.667. The molecule has 0 heterocycles. The Hall–Kier alpha value is -0.270. The molecule has 11 heavy (non-hydrogen) atoms. The van der Waals surface area contributed by atoms with E-state index in [4.69, 9.17) is 0 Å². The van der Waals surface area contributed by atoms with Crippen LogP contribution in [0.4, 0.5) is 26.3 Å². The van der Waals surface area contributed by atoms with Crippen molar-refractivity contribution in [1.29, 1.82) is 0 Å². The highest BCUT2D eigenvalue weighted by Crippen LogP contribution is 2.30. The lowest BCUT2D eigenvalue weighted by atomic mass is 10.4. The zero-order valence-corrected chi connectivity index (χ0v) is 6.18. The Kier molecular flexibility index (Phi) is 2.92. The van der Waals surface area contributed by atoms with Gasteiger partial charge in [-0.1, -0.05) is 0 Å². The van der Waals surface area contributed by atoms with E-state index in [0.29, 0.717) is 0 Å². The Bertz CT molecular complexity index is 150. The molecule has 0 fully saturated rings. The van der Waals surface area contributed by atoms with Gasteiger partial charge in [0.05, 0.1) is 16.1 Å². The maximum Gasteiger partial charge on any atom is 0.439 e. The predicted octanol–water partition coefficient (Wildman–Crippen LogP) is 2.86. The Morgan fingerprint density at radius 2 is 1.18 bits per heavy atom. The van der Waals surface area contributed by atoms with Crippen LogP contribution in [0.1, 0.15) is 0 Å². The molecule has 0 unspecified atom stereocenters. The summed E-state index contributed by atoms with van der Waals surface area (Å²) in [4.78, 5) is 0. The van der Waals surface area contributed by atoms with Crippen LogP contribution in [0.2, 0.25) is 0 Å². The molecule has 0 bridgehead atoms. The molecule has 1 nitrogen and oxygen atoms in total. The quantitative estimate of drug-likeness (QED) is 0.459. The molecule has 0 aliphatic heterocycles. The zero-order chi connectivity index (χ0) is 9.28. The first-order chi connectivity index (χ1) is 4.69. The lowest BCUT2D eigenvalue weighted by molar-refractivity contribution is -0.117. The van der Waals surface area contributed by atoms with Gasteiger partial charge in [0, 0.05) is 0 Å². The monoisotopic (exact) mass is 243 g/mol. The van der Waals surface area contributed by atoms with E-state index >= 15 is 0 Å². The fourth-order valence-electron chi connectivity index (χ4n) is 0.257. The van der Waals surface area contributed by atoms with Crippen LogP contribution in [0.3, 0.4) is 0 Å². The predicted molar refractivity (Wildman–Crippen MR) is 28.5 cm³/mol. The van der Waals surface area contributed by atoms with E-state index in [1.165, 1.54) is 0 Å². The van der Waals surface area contributed by atoms with Crippen molar-refractivity contribution in [1.82, 2.24) is 0 Å². The average Bonchev–Trinajstić information content (AvgIpc) is 1.56. The summed E-state index contributed by atoms with van der Waals surface area (Å²) in [6.45, 7) is 0. The van der Waals surface area contributed by atoms with Gasteiger partial charge in [0.2, 0.25) is 5.71 Å². The lowest BCUT2D eigenvalue weighted by Crippen LogP contribution is -2.36. The standard InChI is InChI=1S/C3BrF6N/c4-11-1(2(5,6)7)3(8,9)10. The van der Waals surface area contributed by atoms with Crippen molar-refractivity contribution in [2.45, 2.75) is 12.4 Å². The van der Waals surface area contributed by atoms with Gasteiger partial charge < -0.3 is 0 Å². The van der Waals surface area contributed by atoms with E-state index in [1.54, 1.807) is 16.1 Å². The Labute approximate surface area is 65.4 Å². The molecule has 0 rings (SSSR count). The normalized spacial score (nSPS) is 13.0. The summed E-state index contributed by atoms with van der Waals surface area (Å²) in [5.41, 5.74) is -2.80. The Morgan fingerprint density at radius 1 is 0.909 bits per heavy atom. The second kappa shape index (κ2) is 3.00. The van der Waals surface area contributed by atoms with Gasteiger partial charge in [0.1, 0.15) is 0 Å². The lowest BCUT2D eigenvalue weighted by Gasteiger charge is -2.11. The summed E-state index contributed by atoms with van der Waals surface area (Å²) in [5, 5.41) is 0. The van der Waals surface area contributed by atoms with Crippen LogP contribution in [0.5, 0.6) is 0 Å². The van der Waals surface area contributed by atoms with Crippen molar-refractivity contribution in [3.05, 3.63) is 0 Å². The van der Waals surface area contributed by atoms with Gasteiger partial charge in [-0.05, 0) is 0 Å². The van der Waals surface area contributed by atoms with E-state index in [0.717, 1.165) is 0 Å². The molecular formula is C3BrF6N. The van der Waals surface area contributed by atoms with E-state index in [-0.39, 0.29) is 0 Å². The molecule has 0 N–H and O–H groups in total. The Morgan fingerprint density at radius 3 is 1.18 bits per heavy atom. The number of nitrogens with zero attached hydrogens (tertiary/aromatic N) is 1. The average molecular weight is 244 g/mol. The third-order valence-electron chi connectivity index (χ3n) is 0.622. The molecule has 0 saturated carbocycles. The van der Waals surface area contributed by atoms with Crippen LogP contribution in [-0.2, 0) is 0 Å². The minimum absolute atomic E-state index is 1.74. The largest absolute Gasteiger partial charge is 0.439 e. The fourth-order valence-corrected chi connectivity index (χ4v) is 0.659. The molecule has 0 radical (unpaired) electrons. The summed E-state index contributed by atoms with van der Waals surface area (Å²) < 4.78 is 69.9.